The Balaban J connectivity index is 1.87. The van der Waals surface area contributed by atoms with E-state index >= 15 is 0 Å². The predicted molar refractivity (Wildman–Crippen MR) is 143 cm³/mol. The first-order valence-electron chi connectivity index (χ1n) is 11.7. The van der Waals surface area contributed by atoms with E-state index in [1.165, 1.54) is 30.5 Å². The number of methoxy groups -OCH3 is 3. The van der Waals surface area contributed by atoms with Gasteiger partial charge in [0.15, 0.2) is 11.5 Å². The smallest absolute Gasteiger partial charge is 0.243 e. The fourth-order valence-corrected chi connectivity index (χ4v) is 5.22. The topological polar surface area (TPSA) is 85.4 Å². The Kier molecular flexibility index (Phi) is 9.18. The monoisotopic (exact) mass is 526 g/mol. The molecule has 3 rings (SSSR count). The number of ether oxygens (including phenoxy) is 3. The van der Waals surface area contributed by atoms with Gasteiger partial charge in [0.2, 0.25) is 21.7 Å². The van der Waals surface area contributed by atoms with Crippen LogP contribution in [0.4, 0.5) is 0 Å². The second-order valence-electron chi connectivity index (χ2n) is 8.86. The summed E-state index contributed by atoms with van der Waals surface area (Å²) in [6.45, 7) is 3.83. The summed E-state index contributed by atoms with van der Waals surface area (Å²) in [7, 11) is 2.27. The van der Waals surface area contributed by atoms with Crippen LogP contribution in [0.3, 0.4) is 0 Å². The minimum absolute atomic E-state index is 0.0697. The van der Waals surface area contributed by atoms with Gasteiger partial charge in [-0.3, -0.25) is 4.79 Å². The number of amides is 1. The van der Waals surface area contributed by atoms with Crippen molar-refractivity contribution < 1.29 is 27.4 Å². The number of hydrogen-bond acceptors (Lipinski definition) is 6. The largest absolute Gasteiger partial charge is 0.493 e. The van der Waals surface area contributed by atoms with Crippen molar-refractivity contribution >= 4 is 15.9 Å². The molecule has 9 heteroatoms. The molecule has 0 unspecified atom stereocenters. The summed E-state index contributed by atoms with van der Waals surface area (Å²) < 4.78 is 44.6. The average Bonchev–Trinajstić information content (AvgIpc) is 2.88. The first kappa shape index (κ1) is 28.0. The van der Waals surface area contributed by atoms with E-state index in [4.69, 9.17) is 14.2 Å². The van der Waals surface area contributed by atoms with Crippen LogP contribution < -0.4 is 14.2 Å². The Morgan fingerprint density at radius 3 is 1.76 bits per heavy atom. The van der Waals surface area contributed by atoms with Crippen LogP contribution in [0.15, 0.2) is 65.6 Å². The molecule has 0 N–H and O–H groups in total. The van der Waals surface area contributed by atoms with Gasteiger partial charge >= 0.3 is 0 Å². The summed E-state index contributed by atoms with van der Waals surface area (Å²) >= 11 is 0. The van der Waals surface area contributed by atoms with Gasteiger partial charge in [0.25, 0.3) is 0 Å². The molecule has 0 heterocycles. The number of benzene rings is 3. The van der Waals surface area contributed by atoms with E-state index in [0.29, 0.717) is 17.2 Å². The van der Waals surface area contributed by atoms with E-state index < -0.39 is 10.0 Å². The highest BCUT2D eigenvalue weighted by molar-refractivity contribution is 7.89. The summed E-state index contributed by atoms with van der Waals surface area (Å²) in [5.74, 6) is 1.05. The molecule has 0 bridgehead atoms. The molecule has 0 fully saturated rings. The molecular formula is C28H34N2O6S. The molecule has 0 aliphatic carbocycles. The highest BCUT2D eigenvalue weighted by Gasteiger charge is 2.28. The zero-order valence-electron chi connectivity index (χ0n) is 22.1. The normalized spacial score (nSPS) is 11.3. The molecule has 1 amide bonds. The van der Waals surface area contributed by atoms with Crippen molar-refractivity contribution in [2.24, 2.45) is 0 Å². The molecule has 0 saturated heterocycles. The highest BCUT2D eigenvalue weighted by Crippen LogP contribution is 2.38. The van der Waals surface area contributed by atoms with Crippen LogP contribution in [0.25, 0.3) is 0 Å². The fourth-order valence-electron chi connectivity index (χ4n) is 3.84. The van der Waals surface area contributed by atoms with Crippen LogP contribution in [-0.4, -0.2) is 58.5 Å². The summed E-state index contributed by atoms with van der Waals surface area (Å²) in [4.78, 5) is 14.9. The Morgan fingerprint density at radius 2 is 1.27 bits per heavy atom. The van der Waals surface area contributed by atoms with Crippen molar-refractivity contribution in [2.45, 2.75) is 31.8 Å². The van der Waals surface area contributed by atoms with Crippen LogP contribution in [0.5, 0.6) is 17.2 Å². The molecule has 0 radical (unpaired) electrons. The van der Waals surface area contributed by atoms with E-state index in [1.54, 1.807) is 43.4 Å². The van der Waals surface area contributed by atoms with E-state index in [-0.39, 0.29) is 30.4 Å². The number of hydrogen-bond donors (Lipinski definition) is 0. The number of carbonyl (C=O) groups excluding carboxylic acids is 1. The molecule has 0 saturated carbocycles. The molecule has 0 aromatic heterocycles. The van der Waals surface area contributed by atoms with E-state index in [0.717, 1.165) is 22.3 Å². The van der Waals surface area contributed by atoms with Gasteiger partial charge in [-0.15, -0.1) is 0 Å². The molecule has 0 atom stereocenters. The third-order valence-corrected chi connectivity index (χ3v) is 7.83. The van der Waals surface area contributed by atoms with E-state index in [2.05, 4.69) is 0 Å². The number of carbonyl (C=O) groups is 1. The Hall–Kier alpha value is -3.56. The quantitative estimate of drug-likeness (QED) is 0.373. The first-order chi connectivity index (χ1) is 17.6. The fraction of sp³-hybridized carbons (Fsp3) is 0.321. The van der Waals surface area contributed by atoms with Crippen LogP contribution in [0, 0.1) is 13.8 Å². The van der Waals surface area contributed by atoms with Crippen molar-refractivity contribution in [3.8, 4) is 17.2 Å². The summed E-state index contributed by atoms with van der Waals surface area (Å²) in [5, 5.41) is 0. The summed E-state index contributed by atoms with van der Waals surface area (Å²) in [6, 6.07) is 17.7. The second-order valence-corrected chi connectivity index (χ2v) is 10.8. The maximum Gasteiger partial charge on any atom is 0.243 e. The molecule has 3 aromatic carbocycles. The van der Waals surface area contributed by atoms with Crippen LogP contribution in [0.1, 0.15) is 22.3 Å². The van der Waals surface area contributed by atoms with Gasteiger partial charge in [-0.2, -0.15) is 4.31 Å². The summed E-state index contributed by atoms with van der Waals surface area (Å²) in [6.07, 6.45) is 0. The van der Waals surface area contributed by atoms with Crippen LogP contribution in [-0.2, 0) is 27.9 Å². The van der Waals surface area contributed by atoms with Crippen molar-refractivity contribution in [3.63, 3.8) is 0 Å². The van der Waals surface area contributed by atoms with Crippen molar-refractivity contribution in [2.75, 3.05) is 34.9 Å². The molecule has 8 nitrogen and oxygen atoms in total. The lowest BCUT2D eigenvalue weighted by Gasteiger charge is -2.25. The number of aryl methyl sites for hydroxylation is 2. The lowest BCUT2D eigenvalue weighted by molar-refractivity contribution is -0.130. The van der Waals surface area contributed by atoms with Gasteiger partial charge in [0.05, 0.1) is 32.8 Å². The third-order valence-electron chi connectivity index (χ3n) is 6.02. The van der Waals surface area contributed by atoms with Crippen molar-refractivity contribution in [3.05, 3.63) is 82.9 Å². The Labute approximate surface area is 219 Å². The number of nitrogens with zero attached hydrogens (tertiary/aromatic N) is 2. The second kappa shape index (κ2) is 12.1. The number of sulfonamides is 1. The molecule has 0 spiro atoms. The predicted octanol–water partition coefficient (Wildman–Crippen LogP) is 4.18. The van der Waals surface area contributed by atoms with Crippen LogP contribution >= 0.6 is 0 Å². The van der Waals surface area contributed by atoms with Gasteiger partial charge in [-0.1, -0.05) is 47.5 Å². The van der Waals surface area contributed by atoms with Gasteiger partial charge in [0, 0.05) is 20.1 Å². The molecule has 3 aromatic rings. The van der Waals surface area contributed by atoms with Crippen molar-refractivity contribution in [1.29, 1.82) is 0 Å². The Bertz CT molecular complexity index is 1300. The maximum atomic E-state index is 13.6. The van der Waals surface area contributed by atoms with Gasteiger partial charge < -0.3 is 19.1 Å². The molecule has 37 heavy (non-hydrogen) atoms. The number of rotatable bonds is 11. The van der Waals surface area contributed by atoms with E-state index in [9.17, 15) is 13.2 Å². The zero-order valence-corrected chi connectivity index (χ0v) is 23.0. The lowest BCUT2D eigenvalue weighted by Crippen LogP contribution is -2.40. The molecule has 0 aliphatic rings. The summed E-state index contributed by atoms with van der Waals surface area (Å²) in [5.41, 5.74) is 3.56. The minimum Gasteiger partial charge on any atom is -0.493 e. The molecule has 0 aliphatic heterocycles. The third kappa shape index (κ3) is 6.81. The van der Waals surface area contributed by atoms with Gasteiger partial charge in [-0.05, 0) is 49.2 Å². The minimum atomic E-state index is -3.93. The number of likely N-dealkylation sites (N-methyl/N-ethyl adjacent to an activating group) is 1. The van der Waals surface area contributed by atoms with Crippen molar-refractivity contribution in [1.82, 2.24) is 9.21 Å². The first-order valence-corrected chi connectivity index (χ1v) is 13.2. The highest BCUT2D eigenvalue weighted by atomic mass is 32.2. The van der Waals surface area contributed by atoms with Gasteiger partial charge in [-0.25, -0.2) is 8.42 Å². The Morgan fingerprint density at radius 1 is 0.757 bits per heavy atom. The molecule has 198 valence electrons. The van der Waals surface area contributed by atoms with Gasteiger partial charge in [0.1, 0.15) is 0 Å². The average molecular weight is 527 g/mol. The lowest BCUT2D eigenvalue weighted by atomic mass is 10.1. The maximum absolute atomic E-state index is 13.6. The SMILES string of the molecule is COc1cc(CN(C)C(=O)CN(Cc2ccc(C)cc2)S(=O)(=O)c2ccc(C)cc2)cc(OC)c1OC. The molecular weight excluding hydrogens is 492 g/mol. The standard InChI is InChI=1S/C28H34N2O6S/c1-20-7-11-22(12-8-20)18-30(37(32,33)24-13-9-21(2)10-14-24)19-27(31)29(3)17-23-15-25(34-4)28(36-6)26(16-23)35-5/h7-16H,17-19H2,1-6H3. The zero-order chi connectivity index (χ0) is 27.2. The van der Waals surface area contributed by atoms with Crippen LogP contribution in [0.2, 0.25) is 0 Å². The van der Waals surface area contributed by atoms with E-state index in [1.807, 2.05) is 38.1 Å².